The van der Waals surface area contributed by atoms with E-state index in [1.54, 1.807) is 23.8 Å². The number of carboxylic acid groups (broad SMARTS) is 1. The van der Waals surface area contributed by atoms with E-state index in [1.165, 1.54) is 4.90 Å². The molecule has 10 heteroatoms. The first-order chi connectivity index (χ1) is 14.1. The van der Waals surface area contributed by atoms with Crippen LogP contribution in [0.4, 0.5) is 15.0 Å². The van der Waals surface area contributed by atoms with Crippen molar-refractivity contribution < 1.29 is 19.0 Å². The molecule has 4 rings (SSSR count). The van der Waals surface area contributed by atoms with Crippen LogP contribution in [-0.4, -0.2) is 61.4 Å². The number of rotatable bonds is 5. The minimum Gasteiger partial charge on any atom is -0.476 e. The Balaban J connectivity index is 1.71. The Bertz CT molecular complexity index is 1040. The van der Waals surface area contributed by atoms with Crippen molar-refractivity contribution in [2.24, 2.45) is 0 Å². The van der Waals surface area contributed by atoms with Crippen molar-refractivity contribution in [3.63, 3.8) is 0 Å². The molecule has 3 aromatic heterocycles. The van der Waals surface area contributed by atoms with E-state index in [4.69, 9.17) is 4.74 Å². The van der Waals surface area contributed by atoms with E-state index in [1.807, 2.05) is 18.2 Å². The largest absolute Gasteiger partial charge is 0.476 e. The lowest BCUT2D eigenvalue weighted by molar-refractivity contribution is 0.132. The third-order valence-corrected chi connectivity index (χ3v) is 4.80. The number of hydrogen-bond acceptors (Lipinski definition) is 6. The summed E-state index contributed by atoms with van der Waals surface area (Å²) in [5, 5.41) is 16.6. The van der Waals surface area contributed by atoms with Crippen LogP contribution < -0.4 is 10.1 Å². The van der Waals surface area contributed by atoms with Crippen LogP contribution in [0.2, 0.25) is 0 Å². The minimum atomic E-state index is -0.985. The van der Waals surface area contributed by atoms with Crippen molar-refractivity contribution in [3.8, 4) is 17.3 Å². The highest BCUT2D eigenvalue weighted by Gasteiger charge is 2.26. The lowest BCUT2D eigenvalue weighted by Crippen LogP contribution is -2.44. The predicted molar refractivity (Wildman–Crippen MR) is 104 cm³/mol. The first-order valence-electron chi connectivity index (χ1n) is 9.44. The molecule has 0 unspecified atom stereocenters. The summed E-state index contributed by atoms with van der Waals surface area (Å²) in [4.78, 5) is 21.2. The van der Waals surface area contributed by atoms with Crippen molar-refractivity contribution in [1.29, 1.82) is 0 Å². The zero-order valence-corrected chi connectivity index (χ0v) is 15.9. The summed E-state index contributed by atoms with van der Waals surface area (Å²) in [5.41, 5.74) is 1.42. The average molecular weight is 400 g/mol. The minimum absolute atomic E-state index is 0.00836. The fourth-order valence-electron chi connectivity index (χ4n) is 3.44. The van der Waals surface area contributed by atoms with Gasteiger partial charge in [0.1, 0.15) is 0 Å². The van der Waals surface area contributed by atoms with Gasteiger partial charge in [0.25, 0.3) is 5.88 Å². The number of nitrogens with zero attached hydrogens (tertiary/aromatic N) is 5. The lowest BCUT2D eigenvalue weighted by atomic mass is 10.1. The number of aromatic nitrogens is 4. The standard InChI is InChI=1S/C19H21FN6O3/c1-2-29-18-15(20)17(22-12-6-5-8-25(11-12)19(27)28)23-16(24-18)13-10-21-26-9-4-3-7-14(13)26/h3-4,7,9-10,12H,2,5-6,8,11H2,1H3,(H,27,28)(H,22,23,24)/t12-/m1/s1. The van der Waals surface area contributed by atoms with Crippen LogP contribution in [0.15, 0.2) is 30.6 Å². The van der Waals surface area contributed by atoms with Gasteiger partial charge < -0.3 is 20.1 Å². The topological polar surface area (TPSA) is 105 Å². The van der Waals surface area contributed by atoms with Crippen molar-refractivity contribution in [2.75, 3.05) is 25.0 Å². The zero-order valence-electron chi connectivity index (χ0n) is 15.9. The third kappa shape index (κ3) is 3.78. The van der Waals surface area contributed by atoms with Gasteiger partial charge in [-0.25, -0.2) is 14.3 Å². The van der Waals surface area contributed by atoms with Crippen molar-refractivity contribution in [2.45, 2.75) is 25.8 Å². The van der Waals surface area contributed by atoms with E-state index in [2.05, 4.69) is 20.4 Å². The van der Waals surface area contributed by atoms with Gasteiger partial charge in [0.2, 0.25) is 5.82 Å². The summed E-state index contributed by atoms with van der Waals surface area (Å²) < 4.78 is 22.0. The van der Waals surface area contributed by atoms with Gasteiger partial charge in [-0.15, -0.1) is 0 Å². The number of piperidine rings is 1. The smallest absolute Gasteiger partial charge is 0.407 e. The molecule has 4 heterocycles. The molecule has 1 aliphatic heterocycles. The molecule has 0 spiro atoms. The number of anilines is 1. The molecular weight excluding hydrogens is 379 g/mol. The molecule has 0 radical (unpaired) electrons. The van der Waals surface area contributed by atoms with Crippen LogP contribution in [0.5, 0.6) is 5.88 Å². The lowest BCUT2D eigenvalue weighted by Gasteiger charge is -2.31. The molecule has 9 nitrogen and oxygen atoms in total. The maximum atomic E-state index is 14.9. The Morgan fingerprint density at radius 2 is 2.28 bits per heavy atom. The van der Waals surface area contributed by atoms with Gasteiger partial charge in [-0.05, 0) is 31.9 Å². The number of carbonyl (C=O) groups is 1. The average Bonchev–Trinajstić information content (AvgIpc) is 3.15. The summed E-state index contributed by atoms with van der Waals surface area (Å²) in [6, 6.07) is 5.34. The molecule has 0 saturated carbocycles. The third-order valence-electron chi connectivity index (χ3n) is 4.80. The number of amides is 1. The molecule has 1 saturated heterocycles. The second-order valence-electron chi connectivity index (χ2n) is 6.75. The summed E-state index contributed by atoms with van der Waals surface area (Å²) >= 11 is 0. The van der Waals surface area contributed by atoms with Crippen LogP contribution in [0.3, 0.4) is 0 Å². The SMILES string of the molecule is CCOc1nc(-c2cnn3ccccc23)nc(N[C@@H]2CCCN(C(=O)O)C2)c1F. The number of ether oxygens (including phenoxy) is 1. The van der Waals surface area contributed by atoms with Crippen LogP contribution in [-0.2, 0) is 0 Å². The monoisotopic (exact) mass is 400 g/mol. The van der Waals surface area contributed by atoms with Gasteiger partial charge in [0, 0.05) is 25.3 Å². The summed E-state index contributed by atoms with van der Waals surface area (Å²) in [6.07, 6.45) is 3.84. The second kappa shape index (κ2) is 7.90. The van der Waals surface area contributed by atoms with E-state index in [0.29, 0.717) is 24.9 Å². The fourth-order valence-corrected chi connectivity index (χ4v) is 3.44. The number of pyridine rings is 1. The molecule has 1 amide bonds. The van der Waals surface area contributed by atoms with Gasteiger partial charge in [-0.3, -0.25) is 0 Å². The first kappa shape index (κ1) is 18.9. The Morgan fingerprint density at radius 1 is 1.41 bits per heavy atom. The van der Waals surface area contributed by atoms with E-state index in [9.17, 15) is 14.3 Å². The van der Waals surface area contributed by atoms with Gasteiger partial charge in [-0.2, -0.15) is 14.5 Å². The summed E-state index contributed by atoms with van der Waals surface area (Å²) in [6.45, 7) is 2.72. The van der Waals surface area contributed by atoms with Crippen molar-refractivity contribution in [1.82, 2.24) is 24.5 Å². The zero-order chi connectivity index (χ0) is 20.4. The van der Waals surface area contributed by atoms with Gasteiger partial charge in [0.15, 0.2) is 11.6 Å². The van der Waals surface area contributed by atoms with E-state index in [-0.39, 0.29) is 36.7 Å². The van der Waals surface area contributed by atoms with Crippen LogP contribution in [0.25, 0.3) is 16.9 Å². The Morgan fingerprint density at radius 3 is 3.07 bits per heavy atom. The molecule has 2 N–H and O–H groups in total. The molecule has 1 atom stereocenters. The Hall–Kier alpha value is -3.43. The molecule has 1 fully saturated rings. The first-order valence-corrected chi connectivity index (χ1v) is 9.44. The highest BCUT2D eigenvalue weighted by Crippen LogP contribution is 2.29. The quantitative estimate of drug-likeness (QED) is 0.678. The molecule has 3 aromatic rings. The second-order valence-corrected chi connectivity index (χ2v) is 6.75. The maximum Gasteiger partial charge on any atom is 0.407 e. The molecule has 1 aliphatic rings. The van der Waals surface area contributed by atoms with Crippen LogP contribution in [0, 0.1) is 5.82 Å². The molecule has 152 valence electrons. The Labute approximate surface area is 166 Å². The van der Waals surface area contributed by atoms with Crippen molar-refractivity contribution >= 4 is 17.4 Å². The molecule has 0 aromatic carbocycles. The summed E-state index contributed by atoms with van der Waals surface area (Å²) in [5.74, 6) is -0.573. The maximum absolute atomic E-state index is 14.9. The molecule has 0 bridgehead atoms. The number of nitrogens with one attached hydrogen (secondary N) is 1. The highest BCUT2D eigenvalue weighted by atomic mass is 19.1. The number of fused-ring (bicyclic) bond motifs is 1. The van der Waals surface area contributed by atoms with E-state index in [0.717, 1.165) is 5.52 Å². The number of halogens is 1. The van der Waals surface area contributed by atoms with E-state index >= 15 is 0 Å². The van der Waals surface area contributed by atoms with Gasteiger partial charge >= 0.3 is 6.09 Å². The molecular formula is C19H21FN6O3. The number of hydrogen-bond donors (Lipinski definition) is 2. The number of likely N-dealkylation sites (tertiary alicyclic amines) is 1. The molecule has 0 aliphatic carbocycles. The van der Waals surface area contributed by atoms with Crippen LogP contribution >= 0.6 is 0 Å². The highest BCUT2D eigenvalue weighted by molar-refractivity contribution is 5.76. The van der Waals surface area contributed by atoms with Gasteiger partial charge in [0.05, 0.1) is 23.9 Å². The normalized spacial score (nSPS) is 16.8. The summed E-state index contributed by atoms with van der Waals surface area (Å²) in [7, 11) is 0. The fraction of sp³-hybridized carbons (Fsp3) is 0.368. The van der Waals surface area contributed by atoms with Crippen LogP contribution in [0.1, 0.15) is 19.8 Å². The Kier molecular flexibility index (Phi) is 5.15. The van der Waals surface area contributed by atoms with Gasteiger partial charge in [-0.1, -0.05) is 6.07 Å². The predicted octanol–water partition coefficient (Wildman–Crippen LogP) is 2.88. The molecule has 29 heavy (non-hydrogen) atoms. The van der Waals surface area contributed by atoms with E-state index < -0.39 is 11.9 Å². The van der Waals surface area contributed by atoms with Crippen molar-refractivity contribution in [3.05, 3.63) is 36.4 Å².